The molecule has 14 heavy (non-hydrogen) atoms. The summed E-state index contributed by atoms with van der Waals surface area (Å²) >= 11 is 1.60. The van der Waals surface area contributed by atoms with Gasteiger partial charge in [-0.3, -0.25) is 0 Å². The van der Waals surface area contributed by atoms with Crippen LogP contribution in [0.1, 0.15) is 6.92 Å². The molecule has 70 valence electrons. The number of tetrazole rings is 1. The second-order valence-electron chi connectivity index (χ2n) is 2.55. The van der Waals surface area contributed by atoms with Crippen molar-refractivity contribution in [3.8, 4) is 22.5 Å². The van der Waals surface area contributed by atoms with Gasteiger partial charge in [0, 0.05) is 0 Å². The van der Waals surface area contributed by atoms with Crippen LogP contribution in [0.15, 0.2) is 17.5 Å². The van der Waals surface area contributed by atoms with E-state index in [0.717, 1.165) is 4.88 Å². The molecule has 0 atom stereocenters. The van der Waals surface area contributed by atoms with Crippen molar-refractivity contribution in [1.82, 2.24) is 20.2 Å². The van der Waals surface area contributed by atoms with Gasteiger partial charge in [-0.1, -0.05) is 12.0 Å². The van der Waals surface area contributed by atoms with Crippen molar-refractivity contribution in [3.05, 3.63) is 17.5 Å². The summed E-state index contributed by atoms with van der Waals surface area (Å²) in [5.74, 6) is 6.32. The molecule has 4 nitrogen and oxygen atoms in total. The van der Waals surface area contributed by atoms with Crippen molar-refractivity contribution >= 4 is 11.3 Å². The molecule has 0 aliphatic carbocycles. The van der Waals surface area contributed by atoms with Gasteiger partial charge >= 0.3 is 0 Å². The Kier molecular flexibility index (Phi) is 2.56. The molecule has 0 spiro atoms. The summed E-state index contributed by atoms with van der Waals surface area (Å²) in [6.45, 7) is 2.28. The molecule has 0 aliphatic rings. The van der Waals surface area contributed by atoms with Crippen LogP contribution in [0, 0.1) is 11.8 Å². The second-order valence-corrected chi connectivity index (χ2v) is 3.50. The molecule has 0 radical (unpaired) electrons. The van der Waals surface area contributed by atoms with Crippen LogP contribution in [0.2, 0.25) is 0 Å². The van der Waals surface area contributed by atoms with Crippen LogP contribution >= 0.6 is 11.3 Å². The zero-order chi connectivity index (χ0) is 9.80. The maximum absolute atomic E-state index is 4.19. The molecular weight excluding hydrogens is 196 g/mol. The second kappa shape index (κ2) is 4.03. The Morgan fingerprint density at radius 2 is 2.50 bits per heavy atom. The Morgan fingerprint density at radius 1 is 1.57 bits per heavy atom. The maximum atomic E-state index is 4.19. The molecule has 0 saturated heterocycles. The summed E-state index contributed by atoms with van der Waals surface area (Å²) in [5.41, 5.74) is 0. The van der Waals surface area contributed by atoms with E-state index in [9.17, 15) is 0 Å². The van der Waals surface area contributed by atoms with Gasteiger partial charge in [-0.2, -0.15) is 4.80 Å². The Bertz CT molecular complexity index is 460. The molecular formula is C9H8N4S. The Morgan fingerprint density at radius 3 is 3.21 bits per heavy atom. The van der Waals surface area contributed by atoms with Gasteiger partial charge in [-0.25, -0.2) is 0 Å². The monoisotopic (exact) mass is 204 g/mol. The quantitative estimate of drug-likeness (QED) is 0.695. The van der Waals surface area contributed by atoms with Gasteiger partial charge < -0.3 is 0 Å². The minimum absolute atomic E-state index is 0.495. The highest BCUT2D eigenvalue weighted by Crippen LogP contribution is 2.19. The van der Waals surface area contributed by atoms with Crippen molar-refractivity contribution < 1.29 is 0 Å². The normalized spacial score (nSPS) is 9.50. The first-order valence-corrected chi connectivity index (χ1v) is 4.99. The van der Waals surface area contributed by atoms with E-state index in [4.69, 9.17) is 0 Å². The predicted molar refractivity (Wildman–Crippen MR) is 54.6 cm³/mol. The van der Waals surface area contributed by atoms with E-state index in [1.165, 1.54) is 4.80 Å². The Labute approximate surface area is 85.6 Å². The van der Waals surface area contributed by atoms with E-state index >= 15 is 0 Å². The fourth-order valence-electron chi connectivity index (χ4n) is 0.964. The number of thiophene rings is 1. The largest absolute Gasteiger partial charge is 0.214 e. The molecule has 2 rings (SSSR count). The first-order chi connectivity index (χ1) is 6.90. The molecule has 0 bridgehead atoms. The van der Waals surface area contributed by atoms with Crippen molar-refractivity contribution in [2.45, 2.75) is 13.5 Å². The van der Waals surface area contributed by atoms with E-state index in [2.05, 4.69) is 27.3 Å². The highest BCUT2D eigenvalue weighted by molar-refractivity contribution is 7.13. The molecule has 0 aromatic carbocycles. The number of rotatable bonds is 2. The standard InChI is InChI=1S/C9H8N4S/c1-2-3-6-13-11-9(10-12-13)8-5-4-7-14-8/h4-5,7H,6H2,1H3. The predicted octanol–water partition coefficient (Wildman–Crippen LogP) is 1.42. The van der Waals surface area contributed by atoms with Crippen molar-refractivity contribution in [1.29, 1.82) is 0 Å². The highest BCUT2D eigenvalue weighted by Gasteiger charge is 2.04. The molecule has 0 fully saturated rings. The van der Waals surface area contributed by atoms with Crippen LogP contribution in [-0.2, 0) is 6.54 Å². The lowest BCUT2D eigenvalue weighted by Crippen LogP contribution is -2.00. The number of nitrogens with zero attached hydrogens (tertiary/aromatic N) is 4. The molecule has 0 saturated carbocycles. The van der Waals surface area contributed by atoms with Gasteiger partial charge in [0.15, 0.2) is 0 Å². The highest BCUT2D eigenvalue weighted by atomic mass is 32.1. The molecule has 0 N–H and O–H groups in total. The van der Waals surface area contributed by atoms with Crippen LogP contribution in [0.3, 0.4) is 0 Å². The van der Waals surface area contributed by atoms with E-state index in [1.54, 1.807) is 18.3 Å². The van der Waals surface area contributed by atoms with Crippen LogP contribution in [0.4, 0.5) is 0 Å². The lowest BCUT2D eigenvalue weighted by atomic mass is 10.5. The van der Waals surface area contributed by atoms with Gasteiger partial charge in [0.25, 0.3) is 0 Å². The minimum Gasteiger partial charge on any atom is -0.152 e. The molecule has 2 aromatic rings. The summed E-state index contributed by atoms with van der Waals surface area (Å²) in [5, 5.41) is 14.0. The topological polar surface area (TPSA) is 43.6 Å². The molecule has 5 heteroatoms. The fourth-order valence-corrected chi connectivity index (χ4v) is 1.61. The van der Waals surface area contributed by atoms with Crippen LogP contribution in [-0.4, -0.2) is 20.2 Å². The van der Waals surface area contributed by atoms with Crippen molar-refractivity contribution in [3.63, 3.8) is 0 Å². The lowest BCUT2D eigenvalue weighted by Gasteiger charge is -1.86. The minimum atomic E-state index is 0.495. The Hall–Kier alpha value is -1.67. The molecule has 0 amide bonds. The van der Waals surface area contributed by atoms with Crippen LogP contribution in [0.5, 0.6) is 0 Å². The molecule has 2 aromatic heterocycles. The zero-order valence-corrected chi connectivity index (χ0v) is 8.45. The van der Waals surface area contributed by atoms with Gasteiger partial charge in [-0.15, -0.1) is 27.5 Å². The van der Waals surface area contributed by atoms with Crippen molar-refractivity contribution in [2.24, 2.45) is 0 Å². The van der Waals surface area contributed by atoms with Gasteiger partial charge in [0.1, 0.15) is 6.54 Å². The zero-order valence-electron chi connectivity index (χ0n) is 7.64. The average Bonchev–Trinajstić information content (AvgIpc) is 2.85. The number of hydrogen-bond acceptors (Lipinski definition) is 4. The summed E-state index contributed by atoms with van der Waals surface area (Å²) in [7, 11) is 0. The molecule has 0 unspecified atom stereocenters. The van der Waals surface area contributed by atoms with Crippen molar-refractivity contribution in [2.75, 3.05) is 0 Å². The fraction of sp³-hybridized carbons (Fsp3) is 0.222. The Balaban J connectivity index is 2.21. The van der Waals surface area contributed by atoms with Gasteiger partial charge in [0.2, 0.25) is 5.82 Å². The number of hydrogen-bond donors (Lipinski definition) is 0. The third kappa shape index (κ3) is 1.80. The maximum Gasteiger partial charge on any atom is 0.214 e. The smallest absolute Gasteiger partial charge is 0.152 e. The summed E-state index contributed by atoms with van der Waals surface area (Å²) in [6.07, 6.45) is 0. The third-order valence-corrected chi connectivity index (χ3v) is 2.46. The molecule has 0 aliphatic heterocycles. The lowest BCUT2D eigenvalue weighted by molar-refractivity contribution is 0.592. The van der Waals surface area contributed by atoms with E-state index in [-0.39, 0.29) is 0 Å². The van der Waals surface area contributed by atoms with E-state index in [1.807, 2.05) is 17.5 Å². The summed E-state index contributed by atoms with van der Waals surface area (Å²) in [6, 6.07) is 3.93. The van der Waals surface area contributed by atoms with E-state index in [0.29, 0.717) is 12.4 Å². The average molecular weight is 204 g/mol. The third-order valence-electron chi connectivity index (χ3n) is 1.59. The summed E-state index contributed by atoms with van der Waals surface area (Å²) in [4.78, 5) is 2.52. The number of aromatic nitrogens is 4. The first-order valence-electron chi connectivity index (χ1n) is 4.11. The van der Waals surface area contributed by atoms with Gasteiger partial charge in [-0.05, 0) is 23.6 Å². The first kappa shape index (κ1) is 8.91. The van der Waals surface area contributed by atoms with Gasteiger partial charge in [0.05, 0.1) is 4.88 Å². The van der Waals surface area contributed by atoms with Crippen LogP contribution < -0.4 is 0 Å². The van der Waals surface area contributed by atoms with E-state index < -0.39 is 0 Å². The van der Waals surface area contributed by atoms with Crippen LogP contribution in [0.25, 0.3) is 10.7 Å². The SMILES string of the molecule is CC#CCn1nnc(-c2cccs2)n1. The molecule has 2 heterocycles. The summed E-state index contributed by atoms with van der Waals surface area (Å²) < 4.78 is 0.